The molecular weight excluding hydrogens is 370 g/mol. The van der Waals surface area contributed by atoms with Crippen LogP contribution in [0.2, 0.25) is 0 Å². The molecule has 0 radical (unpaired) electrons. The van der Waals surface area contributed by atoms with Crippen molar-refractivity contribution in [3.8, 4) is 5.75 Å². The Balaban J connectivity index is 1.91. The molecule has 1 unspecified atom stereocenters. The first-order valence-corrected chi connectivity index (χ1v) is 9.81. The molecule has 1 atom stereocenters. The average molecular weight is 399 g/mol. The number of rotatable bonds is 10. The Morgan fingerprint density at radius 3 is 2.69 bits per heavy atom. The Hall–Kier alpha value is -3.09. The predicted molar refractivity (Wildman–Crippen MR) is 111 cm³/mol. The minimum Gasteiger partial charge on any atom is -0.489 e. The van der Waals surface area contributed by atoms with Crippen LogP contribution in [0.4, 0.5) is 4.79 Å². The van der Waals surface area contributed by atoms with E-state index in [2.05, 4.69) is 29.5 Å². The van der Waals surface area contributed by atoms with E-state index in [9.17, 15) is 9.59 Å². The lowest BCUT2D eigenvalue weighted by Gasteiger charge is -2.20. The van der Waals surface area contributed by atoms with E-state index in [1.807, 2.05) is 12.1 Å². The molecular formula is C22H29N3O4. The number of carbonyl (C=O) groups is 2. The van der Waals surface area contributed by atoms with Crippen molar-refractivity contribution in [1.29, 1.82) is 0 Å². The first-order chi connectivity index (χ1) is 14.0. The summed E-state index contributed by atoms with van der Waals surface area (Å²) >= 11 is 0. The molecule has 7 nitrogen and oxygen atoms in total. The first kappa shape index (κ1) is 22.2. The van der Waals surface area contributed by atoms with E-state index in [0.29, 0.717) is 37.0 Å². The lowest BCUT2D eigenvalue weighted by atomic mass is 10.0. The van der Waals surface area contributed by atoms with Gasteiger partial charge in [0, 0.05) is 36.1 Å². The molecule has 0 bridgehead atoms. The number of carbonyl (C=O) groups excluding carboxylic acids is 2. The number of hydrogen-bond acceptors (Lipinski definition) is 5. The molecule has 1 aromatic carbocycles. The monoisotopic (exact) mass is 399 g/mol. The van der Waals surface area contributed by atoms with E-state index in [1.165, 1.54) is 0 Å². The van der Waals surface area contributed by atoms with Gasteiger partial charge in [-0.15, -0.1) is 0 Å². The third kappa shape index (κ3) is 8.21. The van der Waals surface area contributed by atoms with E-state index < -0.39 is 6.09 Å². The van der Waals surface area contributed by atoms with Gasteiger partial charge in [0.15, 0.2) is 0 Å². The van der Waals surface area contributed by atoms with Crippen molar-refractivity contribution >= 4 is 12.0 Å². The van der Waals surface area contributed by atoms with E-state index >= 15 is 0 Å². The van der Waals surface area contributed by atoms with Gasteiger partial charge in [0.25, 0.3) is 5.91 Å². The molecule has 2 rings (SSSR count). The predicted octanol–water partition coefficient (Wildman–Crippen LogP) is 3.55. The fourth-order valence-corrected chi connectivity index (χ4v) is 2.80. The summed E-state index contributed by atoms with van der Waals surface area (Å²) in [6, 6.07) is 10.6. The van der Waals surface area contributed by atoms with Gasteiger partial charge in [-0.2, -0.15) is 0 Å². The number of ether oxygens (including phenoxy) is 2. The van der Waals surface area contributed by atoms with Gasteiger partial charge in [-0.3, -0.25) is 9.78 Å². The van der Waals surface area contributed by atoms with Crippen molar-refractivity contribution in [2.45, 2.75) is 39.8 Å². The molecule has 29 heavy (non-hydrogen) atoms. The Labute approximate surface area is 171 Å². The summed E-state index contributed by atoms with van der Waals surface area (Å²) in [7, 11) is 0. The van der Waals surface area contributed by atoms with Crippen molar-refractivity contribution in [1.82, 2.24) is 15.6 Å². The number of nitrogens with zero attached hydrogens (tertiary/aromatic N) is 1. The summed E-state index contributed by atoms with van der Waals surface area (Å²) in [4.78, 5) is 28.3. The molecule has 7 heteroatoms. The van der Waals surface area contributed by atoms with Gasteiger partial charge in [0.05, 0.1) is 6.61 Å². The van der Waals surface area contributed by atoms with Crippen LogP contribution >= 0.6 is 0 Å². The van der Waals surface area contributed by atoms with Crippen molar-refractivity contribution in [3.05, 3.63) is 59.9 Å². The molecule has 0 fully saturated rings. The largest absolute Gasteiger partial charge is 0.489 e. The number of nitrogens with one attached hydrogen (secondary N) is 2. The zero-order valence-corrected chi connectivity index (χ0v) is 17.2. The van der Waals surface area contributed by atoms with E-state index in [0.717, 1.165) is 12.0 Å². The Bertz CT molecular complexity index is 781. The van der Waals surface area contributed by atoms with Crippen LogP contribution in [-0.2, 0) is 11.3 Å². The highest BCUT2D eigenvalue weighted by Gasteiger charge is 2.16. The molecule has 2 N–H and O–H groups in total. The highest BCUT2D eigenvalue weighted by Crippen LogP contribution is 2.15. The maximum Gasteiger partial charge on any atom is 0.407 e. The third-order valence-corrected chi connectivity index (χ3v) is 4.09. The van der Waals surface area contributed by atoms with Crippen LogP contribution in [0, 0.1) is 5.92 Å². The minimum atomic E-state index is -0.474. The molecule has 2 amide bonds. The average Bonchev–Trinajstić information content (AvgIpc) is 2.71. The summed E-state index contributed by atoms with van der Waals surface area (Å²) in [5, 5.41) is 5.68. The Morgan fingerprint density at radius 2 is 2.00 bits per heavy atom. The van der Waals surface area contributed by atoms with E-state index in [-0.39, 0.29) is 11.9 Å². The number of alkyl carbamates (subject to hydrolysis) is 1. The summed E-state index contributed by atoms with van der Waals surface area (Å²) in [5.41, 5.74) is 1.44. The summed E-state index contributed by atoms with van der Waals surface area (Å²) < 4.78 is 10.7. The fraction of sp³-hybridized carbons (Fsp3) is 0.409. The van der Waals surface area contributed by atoms with E-state index in [1.54, 1.807) is 43.6 Å². The van der Waals surface area contributed by atoms with Crippen LogP contribution in [0.3, 0.4) is 0 Å². The minimum absolute atomic E-state index is 0.206. The van der Waals surface area contributed by atoms with Gasteiger partial charge in [-0.25, -0.2) is 4.79 Å². The van der Waals surface area contributed by atoms with Gasteiger partial charge in [0.2, 0.25) is 0 Å². The van der Waals surface area contributed by atoms with Gasteiger partial charge in [-0.1, -0.05) is 26.0 Å². The maximum atomic E-state index is 12.6. The van der Waals surface area contributed by atoms with Gasteiger partial charge in [0.1, 0.15) is 12.4 Å². The number of benzene rings is 1. The lowest BCUT2D eigenvalue weighted by molar-refractivity contribution is 0.0944. The number of aromatic nitrogens is 1. The van der Waals surface area contributed by atoms with Crippen LogP contribution in [0.25, 0.3) is 0 Å². The molecule has 0 aliphatic heterocycles. The molecule has 0 aliphatic rings. The van der Waals surface area contributed by atoms with Gasteiger partial charge < -0.3 is 20.1 Å². The molecule has 2 aromatic rings. The van der Waals surface area contributed by atoms with Crippen molar-refractivity contribution < 1.29 is 19.1 Å². The molecule has 0 spiro atoms. The Kier molecular flexibility index (Phi) is 8.95. The zero-order valence-electron chi connectivity index (χ0n) is 17.2. The van der Waals surface area contributed by atoms with Crippen molar-refractivity contribution in [2.24, 2.45) is 5.92 Å². The molecule has 0 saturated carbocycles. The molecule has 1 heterocycles. The second kappa shape index (κ2) is 11.7. The molecule has 0 saturated heterocycles. The number of pyridine rings is 1. The first-order valence-electron chi connectivity index (χ1n) is 9.81. The van der Waals surface area contributed by atoms with Crippen molar-refractivity contribution in [3.63, 3.8) is 0 Å². The number of hydrogen-bond donors (Lipinski definition) is 2. The number of amides is 2. The van der Waals surface area contributed by atoms with Crippen LogP contribution in [0.5, 0.6) is 5.75 Å². The van der Waals surface area contributed by atoms with Crippen molar-refractivity contribution in [2.75, 3.05) is 13.2 Å². The summed E-state index contributed by atoms with van der Waals surface area (Å²) in [5.74, 6) is 0.740. The fourth-order valence-electron chi connectivity index (χ4n) is 2.80. The van der Waals surface area contributed by atoms with Crippen LogP contribution in [-0.4, -0.2) is 36.2 Å². The molecule has 156 valence electrons. The standard InChI is InChI=1S/C22H29N3O4/c1-4-28-22(27)25-19(11-16(2)3)14-24-21(26)18-8-5-9-20(12-18)29-15-17-7-6-10-23-13-17/h5-10,12-13,16,19H,4,11,14-15H2,1-3H3,(H,24,26)(H,25,27). The van der Waals surface area contributed by atoms with Gasteiger partial charge in [-0.05, 0) is 43.5 Å². The molecule has 1 aromatic heterocycles. The van der Waals surface area contributed by atoms with Crippen LogP contribution in [0.1, 0.15) is 43.1 Å². The highest BCUT2D eigenvalue weighted by molar-refractivity contribution is 5.94. The van der Waals surface area contributed by atoms with Gasteiger partial charge >= 0.3 is 6.09 Å². The summed E-state index contributed by atoms with van der Waals surface area (Å²) in [6.07, 6.45) is 3.70. The molecule has 0 aliphatic carbocycles. The Morgan fingerprint density at radius 1 is 1.17 bits per heavy atom. The second-order valence-electron chi connectivity index (χ2n) is 7.08. The van der Waals surface area contributed by atoms with Crippen LogP contribution in [0.15, 0.2) is 48.8 Å². The quantitative estimate of drug-likeness (QED) is 0.638. The maximum absolute atomic E-state index is 12.6. The second-order valence-corrected chi connectivity index (χ2v) is 7.08. The lowest BCUT2D eigenvalue weighted by Crippen LogP contribution is -2.44. The smallest absolute Gasteiger partial charge is 0.407 e. The van der Waals surface area contributed by atoms with E-state index in [4.69, 9.17) is 9.47 Å². The normalized spacial score (nSPS) is 11.6. The highest BCUT2D eigenvalue weighted by atomic mass is 16.5. The summed E-state index contributed by atoms with van der Waals surface area (Å²) in [6.45, 7) is 6.87. The zero-order chi connectivity index (χ0) is 21.1. The van der Waals surface area contributed by atoms with Crippen LogP contribution < -0.4 is 15.4 Å². The topological polar surface area (TPSA) is 89.6 Å². The SMILES string of the molecule is CCOC(=O)NC(CNC(=O)c1cccc(OCc2cccnc2)c1)CC(C)C. The third-order valence-electron chi connectivity index (χ3n) is 4.09.